The Labute approximate surface area is 90.7 Å². The van der Waals surface area contributed by atoms with E-state index >= 15 is 0 Å². The van der Waals surface area contributed by atoms with Crippen molar-refractivity contribution in [2.45, 2.75) is 25.3 Å². The molecule has 0 aromatic heterocycles. The maximum absolute atomic E-state index is 5.87. The summed E-state index contributed by atoms with van der Waals surface area (Å²) in [6.07, 6.45) is 5.35. The summed E-state index contributed by atoms with van der Waals surface area (Å²) in [6.45, 7) is 0. The zero-order chi connectivity index (χ0) is 10.7. The zero-order valence-electron chi connectivity index (χ0n) is 9.07. The summed E-state index contributed by atoms with van der Waals surface area (Å²) < 4.78 is 5.35. The molecule has 0 amide bonds. The average Bonchev–Trinajstić information content (AvgIpc) is 2.30. The molecule has 0 bridgehead atoms. The van der Waals surface area contributed by atoms with E-state index in [0.717, 1.165) is 25.0 Å². The lowest BCUT2D eigenvalue weighted by molar-refractivity contribution is 0.413. The smallest absolute Gasteiger partial charge is 0.126 e. The van der Waals surface area contributed by atoms with E-state index in [2.05, 4.69) is 12.1 Å². The monoisotopic (exact) mass is 203 g/mol. The van der Waals surface area contributed by atoms with E-state index in [-0.39, 0.29) is 0 Å². The summed E-state index contributed by atoms with van der Waals surface area (Å²) in [4.78, 5) is 0. The van der Waals surface area contributed by atoms with Gasteiger partial charge >= 0.3 is 0 Å². The molecule has 0 spiro atoms. The van der Waals surface area contributed by atoms with Crippen LogP contribution >= 0.6 is 0 Å². The molecule has 0 radical (unpaired) electrons. The lowest BCUT2D eigenvalue weighted by Crippen LogP contribution is -2.21. The number of rotatable bonds is 2. The highest BCUT2D eigenvalue weighted by Crippen LogP contribution is 2.32. The van der Waals surface area contributed by atoms with Gasteiger partial charge < -0.3 is 10.5 Å². The Morgan fingerprint density at radius 3 is 2.80 bits per heavy atom. The van der Waals surface area contributed by atoms with Gasteiger partial charge in [0.15, 0.2) is 0 Å². The van der Waals surface area contributed by atoms with Crippen LogP contribution < -0.4 is 10.5 Å². The number of hydrogen-bond acceptors (Lipinski definition) is 2. The molecule has 1 unspecified atom stereocenters. The van der Waals surface area contributed by atoms with E-state index in [4.69, 9.17) is 10.5 Å². The van der Waals surface area contributed by atoms with E-state index in [1.165, 1.54) is 11.1 Å². The van der Waals surface area contributed by atoms with Crippen molar-refractivity contribution in [2.24, 2.45) is 5.73 Å². The maximum Gasteiger partial charge on any atom is 0.126 e. The third-order valence-electron chi connectivity index (χ3n) is 2.90. The number of nitrogens with two attached hydrogens (primary N) is 1. The van der Waals surface area contributed by atoms with Crippen LogP contribution in [0, 0.1) is 0 Å². The lowest BCUT2D eigenvalue weighted by atomic mass is 9.91. The van der Waals surface area contributed by atoms with Crippen LogP contribution in [-0.4, -0.2) is 13.2 Å². The molecule has 0 fully saturated rings. The molecule has 80 valence electrons. The minimum absolute atomic E-state index is 0.337. The molecule has 2 nitrogen and oxygen atoms in total. The molecule has 0 saturated heterocycles. The van der Waals surface area contributed by atoms with Crippen molar-refractivity contribution >= 4 is 5.57 Å². The molecule has 1 aromatic carbocycles. The van der Waals surface area contributed by atoms with Crippen LogP contribution in [0.1, 0.15) is 24.8 Å². The van der Waals surface area contributed by atoms with Crippen molar-refractivity contribution in [3.63, 3.8) is 0 Å². The highest BCUT2D eigenvalue weighted by Gasteiger charge is 2.14. The molecular formula is C13H17NO. The average molecular weight is 203 g/mol. The number of benzene rings is 1. The van der Waals surface area contributed by atoms with Gasteiger partial charge in [0.05, 0.1) is 7.11 Å². The molecule has 2 heteroatoms. The van der Waals surface area contributed by atoms with Gasteiger partial charge in [-0.05, 0) is 30.9 Å². The van der Waals surface area contributed by atoms with Gasteiger partial charge in [0.2, 0.25) is 0 Å². The number of hydrogen-bond donors (Lipinski definition) is 1. The largest absolute Gasteiger partial charge is 0.496 e. The molecule has 0 saturated carbocycles. The summed E-state index contributed by atoms with van der Waals surface area (Å²) in [5.74, 6) is 0.958. The van der Waals surface area contributed by atoms with Gasteiger partial charge in [0, 0.05) is 11.6 Å². The second-order valence-electron chi connectivity index (χ2n) is 3.96. The van der Waals surface area contributed by atoms with Crippen LogP contribution in [0.2, 0.25) is 0 Å². The molecular weight excluding hydrogens is 186 g/mol. The van der Waals surface area contributed by atoms with Crippen molar-refractivity contribution in [1.82, 2.24) is 0 Å². The Bertz CT molecular complexity index is 371. The number of methoxy groups -OCH3 is 1. The first kappa shape index (κ1) is 10.2. The van der Waals surface area contributed by atoms with E-state index in [1.807, 2.05) is 18.2 Å². The molecule has 1 aromatic rings. The summed E-state index contributed by atoms with van der Waals surface area (Å²) in [5.41, 5.74) is 8.45. The van der Waals surface area contributed by atoms with Crippen molar-refractivity contribution in [1.29, 1.82) is 0 Å². The molecule has 2 rings (SSSR count). The summed E-state index contributed by atoms with van der Waals surface area (Å²) in [5, 5.41) is 0. The van der Waals surface area contributed by atoms with Gasteiger partial charge in [-0.25, -0.2) is 0 Å². The number of ether oxygens (including phenoxy) is 1. The molecule has 0 aliphatic heterocycles. The van der Waals surface area contributed by atoms with Crippen LogP contribution in [0.3, 0.4) is 0 Å². The first-order valence-corrected chi connectivity index (χ1v) is 5.39. The first-order chi connectivity index (χ1) is 7.31. The van der Waals surface area contributed by atoms with Crippen LogP contribution in [0.5, 0.6) is 5.75 Å². The topological polar surface area (TPSA) is 35.2 Å². The third kappa shape index (κ3) is 2.21. The van der Waals surface area contributed by atoms with Crippen molar-refractivity contribution in [3.8, 4) is 5.75 Å². The van der Waals surface area contributed by atoms with Crippen molar-refractivity contribution < 1.29 is 4.74 Å². The fraction of sp³-hybridized carbons (Fsp3) is 0.385. The van der Waals surface area contributed by atoms with Crippen LogP contribution in [0.4, 0.5) is 0 Å². The first-order valence-electron chi connectivity index (χ1n) is 5.39. The minimum atomic E-state index is 0.337. The van der Waals surface area contributed by atoms with E-state index in [9.17, 15) is 0 Å². The van der Waals surface area contributed by atoms with Gasteiger partial charge in [-0.3, -0.25) is 0 Å². The Morgan fingerprint density at radius 2 is 2.13 bits per heavy atom. The Hall–Kier alpha value is -1.28. The molecule has 15 heavy (non-hydrogen) atoms. The van der Waals surface area contributed by atoms with E-state index < -0.39 is 0 Å². The van der Waals surface area contributed by atoms with Crippen LogP contribution in [0.15, 0.2) is 30.3 Å². The highest BCUT2D eigenvalue weighted by molar-refractivity contribution is 5.71. The van der Waals surface area contributed by atoms with Gasteiger partial charge in [-0.1, -0.05) is 24.3 Å². The van der Waals surface area contributed by atoms with Crippen molar-refractivity contribution in [2.75, 3.05) is 7.11 Å². The van der Waals surface area contributed by atoms with Gasteiger partial charge in [0.1, 0.15) is 5.75 Å². The SMILES string of the molecule is COc1ccccc1C1=CCC(N)CC1. The van der Waals surface area contributed by atoms with E-state index in [0.29, 0.717) is 6.04 Å². The third-order valence-corrected chi connectivity index (χ3v) is 2.90. The number of allylic oxidation sites excluding steroid dienone is 1. The molecule has 2 N–H and O–H groups in total. The Balaban J connectivity index is 2.29. The standard InChI is InChI=1S/C13H17NO/c1-15-13-5-3-2-4-12(13)10-6-8-11(14)9-7-10/h2-6,11H,7-9,14H2,1H3. The van der Waals surface area contributed by atoms with Crippen molar-refractivity contribution in [3.05, 3.63) is 35.9 Å². The fourth-order valence-electron chi connectivity index (χ4n) is 2.01. The molecule has 0 heterocycles. The van der Waals surface area contributed by atoms with Crippen LogP contribution in [0.25, 0.3) is 5.57 Å². The molecule has 1 aliphatic carbocycles. The summed E-state index contributed by atoms with van der Waals surface area (Å²) in [6, 6.07) is 8.50. The van der Waals surface area contributed by atoms with Gasteiger partial charge in [0.25, 0.3) is 0 Å². The second kappa shape index (κ2) is 4.49. The minimum Gasteiger partial charge on any atom is -0.496 e. The predicted molar refractivity (Wildman–Crippen MR) is 62.8 cm³/mol. The second-order valence-corrected chi connectivity index (χ2v) is 3.96. The van der Waals surface area contributed by atoms with Crippen LogP contribution in [-0.2, 0) is 0 Å². The normalized spacial score (nSPS) is 20.9. The predicted octanol–water partition coefficient (Wildman–Crippen LogP) is 2.59. The highest BCUT2D eigenvalue weighted by atomic mass is 16.5. The zero-order valence-corrected chi connectivity index (χ0v) is 9.07. The van der Waals surface area contributed by atoms with Gasteiger partial charge in [-0.2, -0.15) is 0 Å². The van der Waals surface area contributed by atoms with E-state index in [1.54, 1.807) is 7.11 Å². The summed E-state index contributed by atoms with van der Waals surface area (Å²) in [7, 11) is 1.72. The number of para-hydroxylation sites is 1. The van der Waals surface area contributed by atoms with Gasteiger partial charge in [-0.15, -0.1) is 0 Å². The Morgan fingerprint density at radius 1 is 1.33 bits per heavy atom. The molecule has 1 atom stereocenters. The maximum atomic E-state index is 5.87. The Kier molecular flexibility index (Phi) is 3.07. The summed E-state index contributed by atoms with van der Waals surface area (Å²) >= 11 is 0. The quantitative estimate of drug-likeness (QED) is 0.801. The molecule has 1 aliphatic rings. The fourth-order valence-corrected chi connectivity index (χ4v) is 2.01. The lowest BCUT2D eigenvalue weighted by Gasteiger charge is -2.19.